The van der Waals surface area contributed by atoms with Crippen LogP contribution in [0.2, 0.25) is 0 Å². The van der Waals surface area contributed by atoms with Gasteiger partial charge < -0.3 is 9.52 Å². The molecular formula is C22H16N2O3S. The SMILES string of the molecule is O=C(O)c1ccc(CSc2ccc(-c3ccc(-c4ccccc4)cc3)nn2)o1. The maximum atomic E-state index is 10.8. The summed E-state index contributed by atoms with van der Waals surface area (Å²) in [6.45, 7) is 0. The van der Waals surface area contributed by atoms with Crippen molar-refractivity contribution in [2.45, 2.75) is 10.8 Å². The van der Waals surface area contributed by atoms with Gasteiger partial charge >= 0.3 is 5.97 Å². The highest BCUT2D eigenvalue weighted by molar-refractivity contribution is 7.98. The first kappa shape index (κ1) is 18.0. The second-order valence-corrected chi connectivity index (χ2v) is 7.06. The van der Waals surface area contributed by atoms with Crippen molar-refractivity contribution in [3.8, 4) is 22.4 Å². The summed E-state index contributed by atoms with van der Waals surface area (Å²) in [7, 11) is 0. The first-order chi connectivity index (χ1) is 13.7. The Morgan fingerprint density at radius 2 is 1.54 bits per heavy atom. The minimum Gasteiger partial charge on any atom is -0.475 e. The molecule has 0 aliphatic heterocycles. The smallest absolute Gasteiger partial charge is 0.371 e. The number of hydrogen-bond donors (Lipinski definition) is 1. The minimum absolute atomic E-state index is 0.0593. The molecule has 0 unspecified atom stereocenters. The van der Waals surface area contributed by atoms with Crippen molar-refractivity contribution in [2.24, 2.45) is 0 Å². The van der Waals surface area contributed by atoms with E-state index in [1.807, 2.05) is 42.5 Å². The van der Waals surface area contributed by atoms with Gasteiger partial charge in [0.15, 0.2) is 0 Å². The number of carbonyl (C=O) groups is 1. The van der Waals surface area contributed by atoms with Gasteiger partial charge in [-0.3, -0.25) is 0 Å². The van der Waals surface area contributed by atoms with Crippen LogP contribution >= 0.6 is 11.8 Å². The molecule has 4 aromatic rings. The lowest BCUT2D eigenvalue weighted by Gasteiger charge is -2.05. The Morgan fingerprint density at radius 3 is 2.18 bits per heavy atom. The molecule has 0 aliphatic carbocycles. The van der Waals surface area contributed by atoms with E-state index in [2.05, 4.69) is 34.5 Å². The van der Waals surface area contributed by atoms with Gasteiger partial charge in [-0.2, -0.15) is 0 Å². The number of hydrogen-bond acceptors (Lipinski definition) is 5. The van der Waals surface area contributed by atoms with Crippen molar-refractivity contribution in [3.63, 3.8) is 0 Å². The van der Waals surface area contributed by atoms with Crippen LogP contribution in [0.3, 0.4) is 0 Å². The van der Waals surface area contributed by atoms with Gasteiger partial charge in [0, 0.05) is 5.56 Å². The Labute approximate surface area is 166 Å². The molecule has 5 nitrogen and oxygen atoms in total. The number of nitrogens with zero attached hydrogens (tertiary/aromatic N) is 2. The van der Waals surface area contributed by atoms with Crippen LogP contribution in [-0.2, 0) is 5.75 Å². The van der Waals surface area contributed by atoms with E-state index >= 15 is 0 Å². The number of aromatic nitrogens is 2. The summed E-state index contributed by atoms with van der Waals surface area (Å²) >= 11 is 1.44. The first-order valence-corrected chi connectivity index (χ1v) is 9.62. The zero-order valence-corrected chi connectivity index (χ0v) is 15.6. The molecule has 0 amide bonds. The number of carboxylic acid groups (broad SMARTS) is 1. The number of benzene rings is 2. The van der Waals surface area contributed by atoms with Crippen molar-refractivity contribution in [2.75, 3.05) is 0 Å². The van der Waals surface area contributed by atoms with Crippen molar-refractivity contribution in [3.05, 3.63) is 90.4 Å². The summed E-state index contributed by atoms with van der Waals surface area (Å²) in [4.78, 5) is 10.8. The average Bonchev–Trinajstić information content (AvgIpc) is 3.23. The van der Waals surface area contributed by atoms with Crippen molar-refractivity contribution >= 4 is 17.7 Å². The molecule has 2 aromatic heterocycles. The highest BCUT2D eigenvalue weighted by Crippen LogP contribution is 2.26. The average molecular weight is 388 g/mol. The van der Waals surface area contributed by atoms with Gasteiger partial charge in [-0.25, -0.2) is 4.79 Å². The first-order valence-electron chi connectivity index (χ1n) is 8.63. The Morgan fingerprint density at radius 1 is 0.821 bits per heavy atom. The number of aromatic carboxylic acids is 1. The molecule has 0 bridgehead atoms. The van der Waals surface area contributed by atoms with E-state index in [1.54, 1.807) is 6.07 Å². The van der Waals surface area contributed by atoms with Crippen molar-refractivity contribution < 1.29 is 14.3 Å². The van der Waals surface area contributed by atoms with Gasteiger partial charge in [0.1, 0.15) is 10.8 Å². The van der Waals surface area contributed by atoms with E-state index in [0.29, 0.717) is 11.5 Å². The summed E-state index contributed by atoms with van der Waals surface area (Å²) in [6, 6.07) is 25.4. The molecule has 0 radical (unpaired) electrons. The van der Waals surface area contributed by atoms with Gasteiger partial charge in [0.05, 0.1) is 11.4 Å². The number of rotatable bonds is 6. The highest BCUT2D eigenvalue weighted by Gasteiger charge is 2.10. The molecular weight excluding hydrogens is 372 g/mol. The van der Waals surface area contributed by atoms with Crippen LogP contribution in [0.1, 0.15) is 16.3 Å². The second-order valence-electron chi connectivity index (χ2n) is 6.06. The van der Waals surface area contributed by atoms with Crippen LogP contribution in [0.4, 0.5) is 0 Å². The standard InChI is InChI=1S/C22H16N2O3S/c25-22(26)20-12-10-18(27-20)14-28-21-13-11-19(23-24-21)17-8-6-16(7-9-17)15-4-2-1-3-5-15/h1-13H,14H2,(H,25,26). The normalized spacial score (nSPS) is 10.7. The van der Waals surface area contributed by atoms with Gasteiger partial charge in [-0.15, -0.1) is 10.2 Å². The molecule has 6 heteroatoms. The summed E-state index contributed by atoms with van der Waals surface area (Å²) in [5.41, 5.74) is 4.13. The number of furan rings is 1. The molecule has 0 saturated carbocycles. The molecule has 2 aromatic carbocycles. The topological polar surface area (TPSA) is 76.2 Å². The predicted octanol–water partition coefficient (Wildman–Crippen LogP) is 5.39. The van der Waals surface area contributed by atoms with Gasteiger partial charge in [-0.1, -0.05) is 66.4 Å². The highest BCUT2D eigenvalue weighted by atomic mass is 32.2. The number of thioether (sulfide) groups is 1. The van der Waals surface area contributed by atoms with E-state index in [0.717, 1.165) is 21.8 Å². The quantitative estimate of drug-likeness (QED) is 0.446. The van der Waals surface area contributed by atoms with E-state index in [-0.39, 0.29) is 5.76 Å². The largest absolute Gasteiger partial charge is 0.475 e. The molecule has 1 N–H and O–H groups in total. The lowest BCUT2D eigenvalue weighted by Crippen LogP contribution is -1.92. The lowest BCUT2D eigenvalue weighted by molar-refractivity contribution is 0.0661. The summed E-state index contributed by atoms with van der Waals surface area (Å²) in [5, 5.41) is 18.2. The van der Waals surface area contributed by atoms with Gasteiger partial charge in [0.25, 0.3) is 0 Å². The van der Waals surface area contributed by atoms with Crippen molar-refractivity contribution in [1.82, 2.24) is 10.2 Å². The Balaban J connectivity index is 1.42. The second kappa shape index (κ2) is 8.10. The van der Waals surface area contributed by atoms with Crippen LogP contribution < -0.4 is 0 Å². The van der Waals surface area contributed by atoms with E-state index in [4.69, 9.17) is 9.52 Å². The van der Waals surface area contributed by atoms with E-state index in [9.17, 15) is 4.79 Å². The molecule has 0 fully saturated rings. The van der Waals surface area contributed by atoms with E-state index in [1.165, 1.54) is 23.4 Å². The zero-order valence-electron chi connectivity index (χ0n) is 14.8. The fraction of sp³-hybridized carbons (Fsp3) is 0.0455. The fourth-order valence-electron chi connectivity index (χ4n) is 2.73. The third-order valence-electron chi connectivity index (χ3n) is 4.16. The molecule has 138 valence electrons. The zero-order chi connectivity index (χ0) is 19.3. The predicted molar refractivity (Wildman–Crippen MR) is 108 cm³/mol. The van der Waals surface area contributed by atoms with Crippen molar-refractivity contribution in [1.29, 1.82) is 0 Å². The molecule has 2 heterocycles. The van der Waals surface area contributed by atoms with Crippen LogP contribution in [0.5, 0.6) is 0 Å². The molecule has 28 heavy (non-hydrogen) atoms. The minimum atomic E-state index is -1.07. The van der Waals surface area contributed by atoms with E-state index < -0.39 is 5.97 Å². The Hall–Kier alpha value is -3.38. The lowest BCUT2D eigenvalue weighted by atomic mass is 10.0. The Bertz CT molecular complexity index is 1070. The summed E-state index contributed by atoms with van der Waals surface area (Å²) in [6.07, 6.45) is 0. The third-order valence-corrected chi connectivity index (χ3v) is 5.10. The molecule has 0 saturated heterocycles. The molecule has 0 spiro atoms. The monoisotopic (exact) mass is 388 g/mol. The molecule has 0 atom stereocenters. The third kappa shape index (κ3) is 4.13. The van der Waals surface area contributed by atoms with Crippen LogP contribution in [0, 0.1) is 0 Å². The molecule has 4 rings (SSSR count). The van der Waals surface area contributed by atoms with Gasteiger partial charge in [-0.05, 0) is 35.4 Å². The van der Waals surface area contributed by atoms with Crippen LogP contribution in [0.25, 0.3) is 22.4 Å². The fourth-order valence-corrected chi connectivity index (χ4v) is 3.44. The van der Waals surface area contributed by atoms with Crippen LogP contribution in [-0.4, -0.2) is 21.3 Å². The van der Waals surface area contributed by atoms with Gasteiger partial charge in [0.2, 0.25) is 5.76 Å². The number of carboxylic acids is 1. The summed E-state index contributed by atoms with van der Waals surface area (Å²) < 4.78 is 5.24. The maximum absolute atomic E-state index is 10.8. The molecule has 0 aliphatic rings. The Kier molecular flexibility index (Phi) is 5.21. The van der Waals surface area contributed by atoms with Crippen LogP contribution in [0.15, 0.2) is 88.3 Å². The summed E-state index contributed by atoms with van der Waals surface area (Å²) in [5.74, 6) is -0.0491. The maximum Gasteiger partial charge on any atom is 0.371 e.